The van der Waals surface area contributed by atoms with Gasteiger partial charge in [-0.25, -0.2) is 8.42 Å². The topological polar surface area (TPSA) is 71.1 Å². The molecule has 6 nitrogen and oxygen atoms in total. The third-order valence-electron chi connectivity index (χ3n) is 12.7. The van der Waals surface area contributed by atoms with E-state index in [0.29, 0.717) is 48.0 Å². The Hall–Kier alpha value is -3.97. The first kappa shape index (κ1) is 51.7. The molecule has 4 rings (SSSR count). The molecule has 0 N–H and O–H groups in total. The van der Waals surface area contributed by atoms with E-state index in [2.05, 4.69) is 41.5 Å². The van der Waals surface area contributed by atoms with Crippen LogP contribution in [-0.4, -0.2) is 44.3 Å². The second-order valence-corrected chi connectivity index (χ2v) is 20.3. The van der Waals surface area contributed by atoms with Crippen LogP contribution < -0.4 is 18.9 Å². The molecule has 0 heterocycles. The molecular formula is C56H82O6S. The molecule has 63 heavy (non-hydrogen) atoms. The Kier molecular flexibility index (Phi) is 24.2. The van der Waals surface area contributed by atoms with Crippen LogP contribution in [0.1, 0.15) is 144 Å². The van der Waals surface area contributed by atoms with E-state index < -0.39 is 22.0 Å². The van der Waals surface area contributed by atoms with Crippen LogP contribution in [0.25, 0.3) is 0 Å². The number of hydrogen-bond donors (Lipinski definition) is 0. The molecule has 7 heteroatoms. The van der Waals surface area contributed by atoms with E-state index in [1.165, 1.54) is 0 Å². The lowest BCUT2D eigenvalue weighted by molar-refractivity contribution is 0.155. The lowest BCUT2D eigenvalue weighted by Crippen LogP contribution is -2.35. The van der Waals surface area contributed by atoms with E-state index in [1.807, 2.05) is 121 Å². The van der Waals surface area contributed by atoms with Crippen molar-refractivity contribution in [1.82, 2.24) is 0 Å². The first-order valence-electron chi connectivity index (χ1n) is 24.7. The molecule has 0 aromatic heterocycles. The molecule has 4 aromatic rings. The Balaban J connectivity index is 1.47. The lowest BCUT2D eigenvalue weighted by atomic mass is 9.79. The van der Waals surface area contributed by atoms with Crippen LogP contribution in [0.4, 0.5) is 0 Å². The summed E-state index contributed by atoms with van der Waals surface area (Å²) in [5, 5.41) is 0. The van der Waals surface area contributed by atoms with E-state index in [1.54, 1.807) is 0 Å². The van der Waals surface area contributed by atoms with E-state index >= 15 is 0 Å². The zero-order chi connectivity index (χ0) is 45.1. The Bertz CT molecular complexity index is 1690. The molecule has 4 aromatic carbocycles. The molecule has 0 aliphatic heterocycles. The van der Waals surface area contributed by atoms with E-state index in [4.69, 9.17) is 18.9 Å². The van der Waals surface area contributed by atoms with Gasteiger partial charge in [0.25, 0.3) is 0 Å². The molecule has 0 radical (unpaired) electrons. The van der Waals surface area contributed by atoms with Gasteiger partial charge in [0, 0.05) is 0 Å². The van der Waals surface area contributed by atoms with Gasteiger partial charge in [-0.2, -0.15) is 0 Å². The Labute approximate surface area is 383 Å². The minimum absolute atomic E-state index is 0.0358. The second-order valence-electron chi connectivity index (χ2n) is 18.2. The predicted octanol–water partition coefficient (Wildman–Crippen LogP) is 15.0. The highest BCUT2D eigenvalue weighted by Crippen LogP contribution is 2.35. The molecule has 0 bridgehead atoms. The normalized spacial score (nSPS) is 15.6. The van der Waals surface area contributed by atoms with Gasteiger partial charge in [0.2, 0.25) is 0 Å². The minimum atomic E-state index is -3.59. The highest BCUT2D eigenvalue weighted by atomic mass is 32.2. The molecule has 0 aliphatic rings. The van der Waals surface area contributed by atoms with Gasteiger partial charge >= 0.3 is 0 Å². The van der Waals surface area contributed by atoms with Crippen molar-refractivity contribution < 1.29 is 27.4 Å². The van der Waals surface area contributed by atoms with Gasteiger partial charge in [-0.1, -0.05) is 152 Å². The highest BCUT2D eigenvalue weighted by molar-refractivity contribution is 7.91. The van der Waals surface area contributed by atoms with Crippen LogP contribution in [-0.2, 0) is 9.84 Å². The van der Waals surface area contributed by atoms with Gasteiger partial charge in [0.05, 0.1) is 23.7 Å². The highest BCUT2D eigenvalue weighted by Gasteiger charge is 2.30. The molecule has 8 unspecified atom stereocenters. The number of rotatable bonds is 34. The Morgan fingerprint density at radius 3 is 0.873 bits per heavy atom. The van der Waals surface area contributed by atoms with Crippen LogP contribution in [0.5, 0.6) is 23.0 Å². The summed E-state index contributed by atoms with van der Waals surface area (Å²) in [5.41, 5.74) is 0. The first-order chi connectivity index (χ1) is 30.6. The number of para-hydroxylation sites is 4. The van der Waals surface area contributed by atoms with Crippen LogP contribution >= 0.6 is 0 Å². The van der Waals surface area contributed by atoms with E-state index in [-0.39, 0.29) is 23.7 Å². The fraction of sp³-hybridized carbons (Fsp3) is 0.571. The molecular weight excluding hydrogens is 801 g/mol. The van der Waals surface area contributed by atoms with Gasteiger partial charge in [-0.3, -0.25) is 0 Å². The molecule has 0 aliphatic carbocycles. The molecule has 8 atom stereocenters. The Morgan fingerprint density at radius 2 is 0.603 bits per heavy atom. The van der Waals surface area contributed by atoms with Gasteiger partial charge in [0.1, 0.15) is 35.2 Å². The minimum Gasteiger partial charge on any atom is -0.491 e. The van der Waals surface area contributed by atoms with Crippen molar-refractivity contribution in [2.75, 3.05) is 11.5 Å². The number of ether oxygens (including phenoxy) is 4. The summed E-state index contributed by atoms with van der Waals surface area (Å²) < 4.78 is 54.8. The number of benzene rings is 4. The first-order valence-corrected chi connectivity index (χ1v) is 26.5. The van der Waals surface area contributed by atoms with Gasteiger partial charge < -0.3 is 18.9 Å². The lowest BCUT2D eigenvalue weighted by Gasteiger charge is -2.30. The SMILES string of the molecule is CCCC(CCC(C)Oc1ccccc1)C(CCC)CCC(CS(=O)(=O)CC(CCC(CCC)C(CCC)CCC(C)Oc1ccccc1)Oc1ccccc1)Oc1ccccc1. The summed E-state index contributed by atoms with van der Waals surface area (Å²) in [6, 6.07) is 39.7. The maximum Gasteiger partial charge on any atom is 0.157 e. The van der Waals surface area contributed by atoms with Crippen LogP contribution in [0, 0.1) is 23.7 Å². The standard InChI is InChI=1S/C56H82O6S/c1-7-23-47(37-35-45(5)59-51-27-15-11-16-28-51)49(25-9-3)39-41-55(61-53-31-19-13-20-32-53)43-63(57,58)44-56(62-54-33-21-14-22-34-54)42-40-50(26-10-4)48(24-8-2)38-36-46(6)60-52-29-17-12-18-30-52/h11-22,27-34,45-50,55-56H,7-10,23-26,35-44H2,1-6H3. The average molecular weight is 883 g/mol. The summed E-state index contributed by atoms with van der Waals surface area (Å²) >= 11 is 0. The number of sulfone groups is 1. The summed E-state index contributed by atoms with van der Waals surface area (Å²) in [7, 11) is -3.59. The summed E-state index contributed by atoms with van der Waals surface area (Å²) in [6.07, 6.45) is 15.7. The molecule has 0 fully saturated rings. The number of hydrogen-bond acceptors (Lipinski definition) is 6. The zero-order valence-electron chi connectivity index (χ0n) is 39.8. The van der Waals surface area contributed by atoms with Crippen molar-refractivity contribution in [1.29, 1.82) is 0 Å². The maximum absolute atomic E-state index is 14.5. The molecule has 348 valence electrons. The van der Waals surface area contributed by atoms with Crippen molar-refractivity contribution in [2.45, 2.75) is 169 Å². The van der Waals surface area contributed by atoms with Crippen LogP contribution in [0.3, 0.4) is 0 Å². The quantitative estimate of drug-likeness (QED) is 0.0465. The third-order valence-corrected chi connectivity index (χ3v) is 14.5. The van der Waals surface area contributed by atoms with Crippen molar-refractivity contribution in [3.8, 4) is 23.0 Å². The van der Waals surface area contributed by atoms with E-state index in [9.17, 15) is 8.42 Å². The van der Waals surface area contributed by atoms with Gasteiger partial charge in [0.15, 0.2) is 9.84 Å². The van der Waals surface area contributed by atoms with E-state index in [0.717, 1.165) is 101 Å². The van der Waals surface area contributed by atoms with Crippen molar-refractivity contribution >= 4 is 9.84 Å². The molecule has 0 saturated carbocycles. The van der Waals surface area contributed by atoms with Crippen molar-refractivity contribution in [2.24, 2.45) is 23.7 Å². The van der Waals surface area contributed by atoms with Crippen molar-refractivity contribution in [3.05, 3.63) is 121 Å². The summed E-state index contributed by atoms with van der Waals surface area (Å²) in [4.78, 5) is 0. The van der Waals surface area contributed by atoms with Gasteiger partial charge in [-0.05, 0) is 137 Å². The molecule has 0 spiro atoms. The predicted molar refractivity (Wildman–Crippen MR) is 264 cm³/mol. The molecule has 0 saturated heterocycles. The van der Waals surface area contributed by atoms with Crippen LogP contribution in [0.2, 0.25) is 0 Å². The third kappa shape index (κ3) is 20.6. The Morgan fingerprint density at radius 1 is 0.349 bits per heavy atom. The second kappa shape index (κ2) is 29.5. The molecule has 0 amide bonds. The monoisotopic (exact) mass is 883 g/mol. The zero-order valence-corrected chi connectivity index (χ0v) is 40.6. The van der Waals surface area contributed by atoms with Gasteiger partial charge in [-0.15, -0.1) is 0 Å². The summed E-state index contributed by atoms with van der Waals surface area (Å²) in [5.74, 6) is 5.24. The van der Waals surface area contributed by atoms with Crippen LogP contribution in [0.15, 0.2) is 121 Å². The largest absolute Gasteiger partial charge is 0.491 e. The average Bonchev–Trinajstić information content (AvgIpc) is 3.28. The summed E-state index contributed by atoms with van der Waals surface area (Å²) in [6.45, 7) is 13.4. The maximum atomic E-state index is 14.5. The smallest absolute Gasteiger partial charge is 0.157 e. The fourth-order valence-corrected chi connectivity index (χ4v) is 11.3. The fourth-order valence-electron chi connectivity index (χ4n) is 9.59. The van der Waals surface area contributed by atoms with Crippen molar-refractivity contribution in [3.63, 3.8) is 0 Å².